The first-order valence-corrected chi connectivity index (χ1v) is 17.5. The van der Waals surface area contributed by atoms with Crippen LogP contribution >= 0.6 is 27.5 Å². The maximum atomic E-state index is 14.5. The highest BCUT2D eigenvalue weighted by Crippen LogP contribution is 2.38. The molecule has 0 aliphatic carbocycles. The molecule has 0 radical (unpaired) electrons. The Morgan fingerprint density at radius 1 is 0.896 bits per heavy atom. The van der Waals surface area contributed by atoms with Gasteiger partial charge >= 0.3 is 6.18 Å². The van der Waals surface area contributed by atoms with Crippen molar-refractivity contribution in [3.63, 3.8) is 0 Å². The van der Waals surface area contributed by atoms with Gasteiger partial charge in [-0.3, -0.25) is 13.9 Å². The van der Waals surface area contributed by atoms with Crippen LogP contribution in [0.1, 0.15) is 36.1 Å². The molecule has 4 aromatic carbocycles. The van der Waals surface area contributed by atoms with Gasteiger partial charge in [-0.25, -0.2) is 8.42 Å². The lowest BCUT2D eigenvalue weighted by molar-refractivity contribution is -0.140. The number of hydrogen-bond acceptors (Lipinski definition) is 4. The Hall–Kier alpha value is -3.87. The molecule has 48 heavy (non-hydrogen) atoms. The molecule has 2 amide bonds. The van der Waals surface area contributed by atoms with Gasteiger partial charge in [0, 0.05) is 23.5 Å². The molecule has 1 unspecified atom stereocenters. The highest BCUT2D eigenvalue weighted by atomic mass is 79.9. The van der Waals surface area contributed by atoms with Crippen LogP contribution in [-0.2, 0) is 38.8 Å². The molecule has 0 spiro atoms. The minimum atomic E-state index is -4.90. The molecule has 0 bridgehead atoms. The largest absolute Gasteiger partial charge is 0.417 e. The minimum Gasteiger partial charge on any atom is -0.352 e. The quantitative estimate of drug-likeness (QED) is 0.160. The zero-order valence-corrected chi connectivity index (χ0v) is 29.5. The summed E-state index contributed by atoms with van der Waals surface area (Å²) in [4.78, 5) is 29.3. The predicted molar refractivity (Wildman–Crippen MR) is 184 cm³/mol. The Morgan fingerprint density at radius 2 is 1.54 bits per heavy atom. The summed E-state index contributed by atoms with van der Waals surface area (Å²) in [7, 11) is -4.61. The highest BCUT2D eigenvalue weighted by molar-refractivity contribution is 9.10. The number of rotatable bonds is 12. The van der Waals surface area contributed by atoms with Gasteiger partial charge in [-0.2, -0.15) is 13.2 Å². The average Bonchev–Trinajstić information content (AvgIpc) is 3.01. The first kappa shape index (κ1) is 37.0. The molecule has 1 N–H and O–H groups in total. The molecule has 4 rings (SSSR count). The van der Waals surface area contributed by atoms with E-state index < -0.39 is 56.9 Å². The van der Waals surface area contributed by atoms with Crippen LogP contribution in [0.5, 0.6) is 0 Å². The number of halogens is 5. The van der Waals surface area contributed by atoms with Crippen LogP contribution in [0.2, 0.25) is 5.02 Å². The van der Waals surface area contributed by atoms with Gasteiger partial charge in [0.2, 0.25) is 11.8 Å². The summed E-state index contributed by atoms with van der Waals surface area (Å²) in [5, 5.41) is 2.23. The van der Waals surface area contributed by atoms with Crippen LogP contribution < -0.4 is 9.62 Å². The molecular weight excluding hydrogens is 731 g/mol. The number of nitrogens with one attached hydrogen (secondary N) is 1. The van der Waals surface area contributed by atoms with Crippen molar-refractivity contribution in [2.75, 3.05) is 10.8 Å². The van der Waals surface area contributed by atoms with Crippen LogP contribution in [0.25, 0.3) is 0 Å². The van der Waals surface area contributed by atoms with Gasteiger partial charge in [-0.05, 0) is 74.4 Å². The van der Waals surface area contributed by atoms with E-state index in [9.17, 15) is 31.2 Å². The third-order valence-corrected chi connectivity index (χ3v) is 9.99. The SMILES string of the molecule is Cc1ccc(S(=O)(=O)N(CC(=O)N(Cc2cccc(Br)c2)C(Cc2ccccc2)C(=O)NC(C)C)c2ccc(Cl)c(C(F)(F)F)c2)cc1. The number of carbonyl (C=O) groups excluding carboxylic acids is 2. The van der Waals surface area contributed by atoms with Crippen LogP contribution in [0.4, 0.5) is 18.9 Å². The molecule has 0 saturated carbocycles. The van der Waals surface area contributed by atoms with Crippen molar-refractivity contribution in [2.45, 2.75) is 56.9 Å². The fourth-order valence-electron chi connectivity index (χ4n) is 5.02. The van der Waals surface area contributed by atoms with E-state index in [2.05, 4.69) is 21.2 Å². The van der Waals surface area contributed by atoms with Gasteiger partial charge in [-0.1, -0.05) is 87.7 Å². The van der Waals surface area contributed by atoms with E-state index in [4.69, 9.17) is 11.6 Å². The first-order chi connectivity index (χ1) is 22.6. The molecule has 13 heteroatoms. The normalized spacial score (nSPS) is 12.4. The lowest BCUT2D eigenvalue weighted by Crippen LogP contribution is -2.54. The fraction of sp³-hybridized carbons (Fsp3) is 0.257. The molecule has 0 heterocycles. The number of nitrogens with zero attached hydrogens (tertiary/aromatic N) is 2. The second kappa shape index (κ2) is 15.6. The Labute approximate surface area is 291 Å². The van der Waals surface area contributed by atoms with E-state index in [1.807, 2.05) is 6.07 Å². The summed E-state index contributed by atoms with van der Waals surface area (Å²) < 4.78 is 71.5. The molecule has 0 aliphatic heterocycles. The van der Waals surface area contributed by atoms with Crippen molar-refractivity contribution in [3.05, 3.63) is 129 Å². The van der Waals surface area contributed by atoms with Gasteiger partial charge in [-0.15, -0.1) is 0 Å². The number of benzene rings is 4. The van der Waals surface area contributed by atoms with Gasteiger partial charge in [0.25, 0.3) is 10.0 Å². The van der Waals surface area contributed by atoms with Crippen molar-refractivity contribution < 1.29 is 31.2 Å². The average molecular weight is 765 g/mol. The molecule has 0 aromatic heterocycles. The molecule has 0 aliphatic rings. The monoisotopic (exact) mass is 763 g/mol. The van der Waals surface area contributed by atoms with Crippen LogP contribution in [0.15, 0.2) is 106 Å². The van der Waals surface area contributed by atoms with Gasteiger partial charge in [0.1, 0.15) is 12.6 Å². The summed E-state index contributed by atoms with van der Waals surface area (Å²) in [5.41, 5.74) is 0.441. The standard InChI is InChI=1S/C35H34BrClF3N3O4S/c1-23(2)41-34(45)32(19-25-8-5-4-6-9-25)42(21-26-10-7-11-27(36)18-26)33(44)22-43(48(46,47)29-15-12-24(3)13-16-29)28-14-17-31(37)30(20-28)35(38,39)40/h4-18,20,23,32H,19,21-22H2,1-3H3,(H,41,45). The van der Waals surface area contributed by atoms with Crippen molar-refractivity contribution in [3.8, 4) is 0 Å². The summed E-state index contributed by atoms with van der Waals surface area (Å²) in [6.07, 6.45) is -4.82. The Balaban J connectivity index is 1.87. The number of aryl methyl sites for hydroxylation is 1. The second-order valence-electron chi connectivity index (χ2n) is 11.5. The second-order valence-corrected chi connectivity index (χ2v) is 14.7. The number of carbonyl (C=O) groups is 2. The Kier molecular flexibility index (Phi) is 12.0. The van der Waals surface area contributed by atoms with E-state index in [0.717, 1.165) is 23.3 Å². The Bertz CT molecular complexity index is 1860. The van der Waals surface area contributed by atoms with E-state index in [0.29, 0.717) is 20.4 Å². The molecule has 0 fully saturated rings. The van der Waals surface area contributed by atoms with Crippen LogP contribution in [-0.4, -0.2) is 43.8 Å². The van der Waals surface area contributed by atoms with Gasteiger partial charge < -0.3 is 10.2 Å². The highest BCUT2D eigenvalue weighted by Gasteiger charge is 2.37. The van der Waals surface area contributed by atoms with E-state index in [1.54, 1.807) is 81.4 Å². The lowest BCUT2D eigenvalue weighted by Gasteiger charge is -2.34. The molecule has 4 aromatic rings. The maximum absolute atomic E-state index is 14.5. The fourth-order valence-corrected chi connectivity index (χ4v) is 7.10. The van der Waals surface area contributed by atoms with Crippen molar-refractivity contribution in [1.29, 1.82) is 0 Å². The number of anilines is 1. The Morgan fingerprint density at radius 3 is 2.15 bits per heavy atom. The smallest absolute Gasteiger partial charge is 0.352 e. The van der Waals surface area contributed by atoms with Gasteiger partial charge in [0.05, 0.1) is 21.2 Å². The van der Waals surface area contributed by atoms with Crippen molar-refractivity contribution >= 4 is 55.1 Å². The van der Waals surface area contributed by atoms with E-state index in [1.165, 1.54) is 17.0 Å². The number of amides is 2. The van der Waals surface area contributed by atoms with E-state index in [-0.39, 0.29) is 23.9 Å². The molecule has 0 saturated heterocycles. The van der Waals surface area contributed by atoms with Gasteiger partial charge in [0.15, 0.2) is 0 Å². The zero-order chi connectivity index (χ0) is 35.2. The first-order valence-electron chi connectivity index (χ1n) is 14.9. The molecular formula is C35H34BrClF3N3O4S. The van der Waals surface area contributed by atoms with E-state index >= 15 is 0 Å². The maximum Gasteiger partial charge on any atom is 0.417 e. The van der Waals surface area contributed by atoms with Crippen LogP contribution in [0, 0.1) is 6.92 Å². The van der Waals surface area contributed by atoms with Crippen molar-refractivity contribution in [1.82, 2.24) is 10.2 Å². The third kappa shape index (κ3) is 9.39. The zero-order valence-electron chi connectivity index (χ0n) is 26.3. The lowest BCUT2D eigenvalue weighted by atomic mass is 10.0. The van der Waals surface area contributed by atoms with Crippen LogP contribution in [0.3, 0.4) is 0 Å². The molecule has 254 valence electrons. The number of sulfonamides is 1. The number of hydrogen-bond donors (Lipinski definition) is 1. The predicted octanol–water partition coefficient (Wildman–Crippen LogP) is 7.79. The summed E-state index contributed by atoms with van der Waals surface area (Å²) in [5.74, 6) is -1.29. The van der Waals surface area contributed by atoms with Crippen molar-refractivity contribution in [2.24, 2.45) is 0 Å². The topological polar surface area (TPSA) is 86.8 Å². The molecule has 1 atom stereocenters. The summed E-state index contributed by atoms with van der Waals surface area (Å²) in [6, 6.07) is 23.0. The number of alkyl halides is 3. The molecule has 7 nitrogen and oxygen atoms in total. The summed E-state index contributed by atoms with van der Waals surface area (Å²) in [6.45, 7) is 4.28. The minimum absolute atomic E-state index is 0.0863. The summed E-state index contributed by atoms with van der Waals surface area (Å²) >= 11 is 9.30. The third-order valence-electron chi connectivity index (χ3n) is 7.38.